The zero-order chi connectivity index (χ0) is 11.5. The molecule has 1 heterocycles. The first-order valence-corrected chi connectivity index (χ1v) is 6.06. The molecule has 1 saturated heterocycles. The van der Waals surface area contributed by atoms with Crippen LogP contribution in [0.3, 0.4) is 0 Å². The van der Waals surface area contributed by atoms with Crippen LogP contribution < -0.4 is 5.32 Å². The molecule has 1 aromatic carbocycles. The van der Waals surface area contributed by atoms with E-state index in [4.69, 9.17) is 4.74 Å². The highest BCUT2D eigenvalue weighted by molar-refractivity contribution is 5.30. The molecule has 1 fully saturated rings. The van der Waals surface area contributed by atoms with E-state index in [-0.39, 0.29) is 0 Å². The SMILES string of the molecule is Cc1ccc(CC2CNC(C)CO2)cc1C. The molecule has 1 aromatic rings. The minimum absolute atomic E-state index is 0.332. The number of hydrogen-bond donors (Lipinski definition) is 1. The van der Waals surface area contributed by atoms with Crippen LogP contribution in [-0.2, 0) is 11.2 Å². The minimum atomic E-state index is 0.332. The number of hydrogen-bond acceptors (Lipinski definition) is 2. The molecule has 2 unspecified atom stereocenters. The van der Waals surface area contributed by atoms with Gasteiger partial charge in [-0.1, -0.05) is 18.2 Å². The second kappa shape index (κ2) is 4.98. The fourth-order valence-electron chi connectivity index (χ4n) is 2.06. The predicted octanol–water partition coefficient (Wildman–Crippen LogP) is 2.22. The molecule has 0 bridgehead atoms. The van der Waals surface area contributed by atoms with Gasteiger partial charge in [0.05, 0.1) is 12.7 Å². The van der Waals surface area contributed by atoms with Gasteiger partial charge in [-0.3, -0.25) is 0 Å². The highest BCUT2D eigenvalue weighted by Gasteiger charge is 2.18. The lowest BCUT2D eigenvalue weighted by Gasteiger charge is -2.28. The maximum Gasteiger partial charge on any atom is 0.0740 e. The molecule has 2 rings (SSSR count). The van der Waals surface area contributed by atoms with Gasteiger partial charge in [0.2, 0.25) is 0 Å². The molecular weight excluding hydrogens is 198 g/mol. The Bertz CT molecular complexity index is 354. The number of morpholine rings is 1. The summed E-state index contributed by atoms with van der Waals surface area (Å²) in [5.74, 6) is 0. The van der Waals surface area contributed by atoms with Crippen molar-refractivity contribution in [2.75, 3.05) is 13.2 Å². The Balaban J connectivity index is 1.96. The Hall–Kier alpha value is -0.860. The van der Waals surface area contributed by atoms with E-state index < -0.39 is 0 Å². The second-order valence-corrected chi connectivity index (χ2v) is 4.89. The number of nitrogens with one attached hydrogen (secondary N) is 1. The molecule has 0 saturated carbocycles. The summed E-state index contributed by atoms with van der Waals surface area (Å²) in [4.78, 5) is 0. The van der Waals surface area contributed by atoms with Crippen molar-refractivity contribution in [1.82, 2.24) is 5.32 Å². The lowest BCUT2D eigenvalue weighted by molar-refractivity contribution is 0.00881. The molecule has 2 nitrogen and oxygen atoms in total. The highest BCUT2D eigenvalue weighted by Crippen LogP contribution is 2.14. The molecule has 16 heavy (non-hydrogen) atoms. The summed E-state index contributed by atoms with van der Waals surface area (Å²) in [6.07, 6.45) is 1.35. The first kappa shape index (κ1) is 11.6. The molecular formula is C14H21NO. The standard InChI is InChI=1S/C14H21NO/c1-10-4-5-13(6-11(10)2)7-14-8-15-12(3)9-16-14/h4-6,12,14-15H,7-9H2,1-3H3. The van der Waals surface area contributed by atoms with Gasteiger partial charge in [-0.05, 0) is 43.9 Å². The van der Waals surface area contributed by atoms with Crippen LogP contribution in [0.2, 0.25) is 0 Å². The van der Waals surface area contributed by atoms with E-state index in [0.29, 0.717) is 12.1 Å². The monoisotopic (exact) mass is 219 g/mol. The third-order valence-corrected chi connectivity index (χ3v) is 3.31. The average molecular weight is 219 g/mol. The molecule has 0 aliphatic carbocycles. The van der Waals surface area contributed by atoms with Crippen LogP contribution in [0.15, 0.2) is 18.2 Å². The minimum Gasteiger partial charge on any atom is -0.375 e. The van der Waals surface area contributed by atoms with Crippen LogP contribution in [0.4, 0.5) is 0 Å². The molecule has 1 aliphatic rings. The van der Waals surface area contributed by atoms with Crippen molar-refractivity contribution in [3.05, 3.63) is 34.9 Å². The third kappa shape index (κ3) is 2.83. The summed E-state index contributed by atoms with van der Waals surface area (Å²) in [5, 5.41) is 3.45. The van der Waals surface area contributed by atoms with Gasteiger partial charge in [-0.15, -0.1) is 0 Å². The fraction of sp³-hybridized carbons (Fsp3) is 0.571. The summed E-state index contributed by atoms with van der Waals surface area (Å²) in [6.45, 7) is 8.27. The fourth-order valence-corrected chi connectivity index (χ4v) is 2.06. The van der Waals surface area contributed by atoms with E-state index in [1.54, 1.807) is 0 Å². The van der Waals surface area contributed by atoms with Crippen molar-refractivity contribution in [3.63, 3.8) is 0 Å². The first-order valence-electron chi connectivity index (χ1n) is 6.06. The van der Waals surface area contributed by atoms with E-state index in [1.165, 1.54) is 16.7 Å². The maximum atomic E-state index is 5.80. The van der Waals surface area contributed by atoms with Crippen LogP contribution in [0.5, 0.6) is 0 Å². The van der Waals surface area contributed by atoms with Gasteiger partial charge in [-0.2, -0.15) is 0 Å². The van der Waals surface area contributed by atoms with Gasteiger partial charge in [0.25, 0.3) is 0 Å². The molecule has 88 valence electrons. The summed E-state index contributed by atoms with van der Waals surface area (Å²) in [6, 6.07) is 7.18. The molecule has 2 heteroatoms. The number of rotatable bonds is 2. The summed E-state index contributed by atoms with van der Waals surface area (Å²) >= 11 is 0. The molecule has 0 amide bonds. The van der Waals surface area contributed by atoms with E-state index in [1.807, 2.05) is 0 Å². The largest absolute Gasteiger partial charge is 0.375 e. The van der Waals surface area contributed by atoms with Gasteiger partial charge in [-0.25, -0.2) is 0 Å². The predicted molar refractivity (Wildman–Crippen MR) is 66.8 cm³/mol. The Kier molecular flexibility index (Phi) is 3.62. The zero-order valence-corrected chi connectivity index (χ0v) is 10.4. The van der Waals surface area contributed by atoms with E-state index in [2.05, 4.69) is 44.3 Å². The molecule has 0 spiro atoms. The molecule has 0 radical (unpaired) electrons. The number of aryl methyl sites for hydroxylation is 2. The van der Waals surface area contributed by atoms with Crippen molar-refractivity contribution >= 4 is 0 Å². The third-order valence-electron chi connectivity index (χ3n) is 3.31. The topological polar surface area (TPSA) is 21.3 Å². The Morgan fingerprint density at radius 3 is 2.75 bits per heavy atom. The lowest BCUT2D eigenvalue weighted by Crippen LogP contribution is -2.45. The van der Waals surface area contributed by atoms with Crippen LogP contribution in [0.25, 0.3) is 0 Å². The van der Waals surface area contributed by atoms with Gasteiger partial charge < -0.3 is 10.1 Å². The number of benzene rings is 1. The van der Waals surface area contributed by atoms with Crippen LogP contribution in [0, 0.1) is 13.8 Å². The van der Waals surface area contributed by atoms with Gasteiger partial charge >= 0.3 is 0 Å². The second-order valence-electron chi connectivity index (χ2n) is 4.89. The van der Waals surface area contributed by atoms with E-state index >= 15 is 0 Å². The Labute approximate surface area is 98.0 Å². The molecule has 0 aromatic heterocycles. The smallest absolute Gasteiger partial charge is 0.0740 e. The quantitative estimate of drug-likeness (QED) is 0.823. The zero-order valence-electron chi connectivity index (χ0n) is 10.4. The Morgan fingerprint density at radius 2 is 2.12 bits per heavy atom. The summed E-state index contributed by atoms with van der Waals surface area (Å²) in [5.41, 5.74) is 4.11. The normalized spacial score (nSPS) is 25.7. The Morgan fingerprint density at radius 1 is 1.31 bits per heavy atom. The van der Waals surface area contributed by atoms with Crippen molar-refractivity contribution in [2.24, 2.45) is 0 Å². The van der Waals surface area contributed by atoms with Gasteiger partial charge in [0.15, 0.2) is 0 Å². The summed E-state index contributed by atoms with van der Waals surface area (Å²) < 4.78 is 5.80. The van der Waals surface area contributed by atoms with Crippen molar-refractivity contribution in [3.8, 4) is 0 Å². The van der Waals surface area contributed by atoms with Gasteiger partial charge in [0, 0.05) is 12.6 Å². The maximum absolute atomic E-state index is 5.80. The van der Waals surface area contributed by atoms with Gasteiger partial charge in [0.1, 0.15) is 0 Å². The summed E-state index contributed by atoms with van der Waals surface area (Å²) in [7, 11) is 0. The highest BCUT2D eigenvalue weighted by atomic mass is 16.5. The molecule has 1 aliphatic heterocycles. The number of ether oxygens (including phenoxy) is 1. The van der Waals surface area contributed by atoms with Crippen LogP contribution in [0.1, 0.15) is 23.6 Å². The molecule has 2 atom stereocenters. The van der Waals surface area contributed by atoms with Crippen LogP contribution in [-0.4, -0.2) is 25.3 Å². The van der Waals surface area contributed by atoms with E-state index in [9.17, 15) is 0 Å². The van der Waals surface area contributed by atoms with Crippen molar-refractivity contribution in [1.29, 1.82) is 0 Å². The first-order chi connectivity index (χ1) is 7.65. The van der Waals surface area contributed by atoms with Crippen molar-refractivity contribution < 1.29 is 4.74 Å². The average Bonchev–Trinajstić information content (AvgIpc) is 2.27. The van der Waals surface area contributed by atoms with E-state index in [0.717, 1.165) is 19.6 Å². The molecule has 1 N–H and O–H groups in total. The van der Waals surface area contributed by atoms with Crippen molar-refractivity contribution in [2.45, 2.75) is 39.3 Å². The van der Waals surface area contributed by atoms with Crippen LogP contribution >= 0.6 is 0 Å². The lowest BCUT2D eigenvalue weighted by atomic mass is 10.0.